The van der Waals surface area contributed by atoms with Gasteiger partial charge in [-0.05, 0) is 25.8 Å². The Morgan fingerprint density at radius 1 is 1.00 bits per heavy atom. The molecular formula is C21H40N6O. The third-order valence-corrected chi connectivity index (χ3v) is 6.65. The Labute approximate surface area is 170 Å². The van der Waals surface area contributed by atoms with E-state index >= 15 is 0 Å². The first-order valence-electron chi connectivity index (χ1n) is 11.4. The molecule has 2 saturated heterocycles. The molecule has 3 rings (SSSR count). The van der Waals surface area contributed by atoms with Gasteiger partial charge in [0.25, 0.3) is 0 Å². The lowest BCUT2D eigenvalue weighted by Gasteiger charge is -2.34. The van der Waals surface area contributed by atoms with Gasteiger partial charge in [0.2, 0.25) is 5.91 Å². The number of rotatable bonds is 6. The van der Waals surface area contributed by atoms with Crippen LogP contribution < -0.4 is 10.6 Å². The molecule has 7 heteroatoms. The number of hydrogen-bond donors (Lipinski definition) is 2. The van der Waals surface area contributed by atoms with Crippen LogP contribution in [0.1, 0.15) is 45.4 Å². The van der Waals surface area contributed by atoms with Crippen LogP contribution in [0.5, 0.6) is 0 Å². The van der Waals surface area contributed by atoms with Gasteiger partial charge in [-0.25, -0.2) is 0 Å². The fourth-order valence-corrected chi connectivity index (χ4v) is 4.74. The lowest BCUT2D eigenvalue weighted by molar-refractivity contribution is -0.135. The Bertz CT molecular complexity index is 511. The molecule has 0 bridgehead atoms. The molecule has 2 N–H and O–H groups in total. The summed E-state index contributed by atoms with van der Waals surface area (Å²) < 4.78 is 0. The number of likely N-dealkylation sites (N-methyl/N-ethyl adjacent to an activating group) is 1. The van der Waals surface area contributed by atoms with Crippen molar-refractivity contribution in [2.75, 3.05) is 66.0 Å². The summed E-state index contributed by atoms with van der Waals surface area (Å²) in [4.78, 5) is 24.2. The van der Waals surface area contributed by atoms with Gasteiger partial charge >= 0.3 is 0 Å². The first-order chi connectivity index (χ1) is 13.7. The maximum atomic E-state index is 12.7. The van der Waals surface area contributed by atoms with Gasteiger partial charge in [-0.2, -0.15) is 0 Å². The molecule has 1 amide bonds. The van der Waals surface area contributed by atoms with E-state index in [1.54, 1.807) is 0 Å². The number of carbonyl (C=O) groups is 1. The molecule has 0 aromatic rings. The lowest BCUT2D eigenvalue weighted by Crippen LogP contribution is -2.50. The highest BCUT2D eigenvalue weighted by Crippen LogP contribution is 2.26. The average Bonchev–Trinajstić information content (AvgIpc) is 3.22. The monoisotopic (exact) mass is 392 g/mol. The zero-order valence-corrected chi connectivity index (χ0v) is 18.0. The molecular weight excluding hydrogens is 352 g/mol. The van der Waals surface area contributed by atoms with Crippen LogP contribution >= 0.6 is 0 Å². The molecule has 0 aromatic carbocycles. The van der Waals surface area contributed by atoms with E-state index in [0.717, 1.165) is 71.0 Å². The third-order valence-electron chi connectivity index (χ3n) is 6.65. The number of likely N-dealkylation sites (tertiary alicyclic amines) is 1. The summed E-state index contributed by atoms with van der Waals surface area (Å²) in [5, 5.41) is 6.98. The lowest BCUT2D eigenvalue weighted by atomic mass is 9.88. The Morgan fingerprint density at radius 2 is 1.71 bits per heavy atom. The molecule has 2 aliphatic heterocycles. The smallest absolute Gasteiger partial charge is 0.225 e. The van der Waals surface area contributed by atoms with E-state index in [9.17, 15) is 4.79 Å². The molecule has 0 radical (unpaired) electrons. The van der Waals surface area contributed by atoms with E-state index in [-0.39, 0.29) is 5.92 Å². The van der Waals surface area contributed by atoms with Crippen molar-refractivity contribution in [1.82, 2.24) is 25.3 Å². The van der Waals surface area contributed by atoms with Gasteiger partial charge in [-0.15, -0.1) is 0 Å². The fourth-order valence-electron chi connectivity index (χ4n) is 4.74. The third kappa shape index (κ3) is 6.08. The van der Waals surface area contributed by atoms with Crippen LogP contribution in [0.2, 0.25) is 0 Å². The highest BCUT2D eigenvalue weighted by atomic mass is 16.2. The van der Waals surface area contributed by atoms with Crippen LogP contribution in [0.3, 0.4) is 0 Å². The minimum Gasteiger partial charge on any atom is -0.355 e. The Balaban J connectivity index is 1.34. The molecule has 28 heavy (non-hydrogen) atoms. The van der Waals surface area contributed by atoms with Crippen molar-refractivity contribution >= 4 is 11.9 Å². The summed E-state index contributed by atoms with van der Waals surface area (Å²) in [6, 6.07) is 0.312. The van der Waals surface area contributed by atoms with Crippen molar-refractivity contribution in [3.63, 3.8) is 0 Å². The molecule has 1 saturated carbocycles. The number of guanidine groups is 1. The molecule has 7 nitrogen and oxygen atoms in total. The minimum atomic E-state index is 0.276. The number of piperazine rings is 1. The molecule has 160 valence electrons. The second kappa shape index (κ2) is 11.0. The highest BCUT2D eigenvalue weighted by molar-refractivity contribution is 5.81. The van der Waals surface area contributed by atoms with E-state index in [4.69, 9.17) is 0 Å². The predicted molar refractivity (Wildman–Crippen MR) is 115 cm³/mol. The second-order valence-electron chi connectivity index (χ2n) is 8.52. The van der Waals surface area contributed by atoms with Crippen molar-refractivity contribution in [2.24, 2.45) is 10.9 Å². The van der Waals surface area contributed by atoms with Crippen molar-refractivity contribution in [1.29, 1.82) is 0 Å². The van der Waals surface area contributed by atoms with E-state index in [2.05, 4.69) is 37.2 Å². The van der Waals surface area contributed by atoms with Crippen LogP contribution in [-0.4, -0.2) is 98.6 Å². The minimum absolute atomic E-state index is 0.276. The maximum Gasteiger partial charge on any atom is 0.225 e. The summed E-state index contributed by atoms with van der Waals surface area (Å²) >= 11 is 0. The fraction of sp³-hybridized carbons (Fsp3) is 0.905. The Morgan fingerprint density at radius 3 is 2.39 bits per heavy atom. The molecule has 0 aromatic heterocycles. The predicted octanol–water partition coefficient (Wildman–Crippen LogP) is 0.970. The quantitative estimate of drug-likeness (QED) is 0.521. The van der Waals surface area contributed by atoms with Crippen LogP contribution in [0, 0.1) is 5.92 Å². The second-order valence-corrected chi connectivity index (χ2v) is 8.52. The number of carbonyl (C=O) groups excluding carboxylic acids is 1. The number of nitrogens with zero attached hydrogens (tertiary/aromatic N) is 4. The van der Waals surface area contributed by atoms with E-state index in [0.29, 0.717) is 11.9 Å². The summed E-state index contributed by atoms with van der Waals surface area (Å²) in [6.07, 6.45) is 6.92. The van der Waals surface area contributed by atoms with E-state index in [1.165, 1.54) is 32.4 Å². The van der Waals surface area contributed by atoms with Crippen molar-refractivity contribution in [2.45, 2.75) is 51.5 Å². The van der Waals surface area contributed by atoms with Gasteiger partial charge < -0.3 is 20.4 Å². The summed E-state index contributed by atoms with van der Waals surface area (Å²) in [6.45, 7) is 11.7. The highest BCUT2D eigenvalue weighted by Gasteiger charge is 2.31. The number of hydrogen-bond acceptors (Lipinski definition) is 4. The molecule has 1 atom stereocenters. The van der Waals surface area contributed by atoms with E-state index in [1.807, 2.05) is 7.05 Å². The van der Waals surface area contributed by atoms with E-state index < -0.39 is 0 Å². The van der Waals surface area contributed by atoms with Crippen LogP contribution in [0.4, 0.5) is 0 Å². The van der Waals surface area contributed by atoms with Gasteiger partial charge in [0.15, 0.2) is 5.96 Å². The first kappa shape index (κ1) is 21.4. The molecule has 2 heterocycles. The zero-order chi connectivity index (χ0) is 19.8. The normalized spacial score (nSPS) is 25.9. The summed E-state index contributed by atoms with van der Waals surface area (Å²) in [5.41, 5.74) is 0. The van der Waals surface area contributed by atoms with Gasteiger partial charge in [0.1, 0.15) is 0 Å². The van der Waals surface area contributed by atoms with Gasteiger partial charge in [0, 0.05) is 71.4 Å². The standard InChI is InChI=1S/C21H40N6O/c1-3-25-13-15-26(16-14-25)12-10-23-21(22-2)24-19-9-11-27(17-19)20(28)18-7-5-4-6-8-18/h18-19H,3-17H2,1-2H3,(H2,22,23,24). The number of amides is 1. The largest absolute Gasteiger partial charge is 0.355 e. The first-order valence-corrected chi connectivity index (χ1v) is 11.4. The van der Waals surface area contributed by atoms with Gasteiger partial charge in [0.05, 0.1) is 0 Å². The van der Waals surface area contributed by atoms with Gasteiger partial charge in [-0.3, -0.25) is 14.7 Å². The van der Waals surface area contributed by atoms with Crippen LogP contribution in [0.15, 0.2) is 4.99 Å². The molecule has 1 aliphatic carbocycles. The Kier molecular flexibility index (Phi) is 8.40. The van der Waals surface area contributed by atoms with Crippen molar-refractivity contribution in [3.8, 4) is 0 Å². The Hall–Kier alpha value is -1.34. The summed E-state index contributed by atoms with van der Waals surface area (Å²) in [7, 11) is 1.83. The van der Waals surface area contributed by atoms with Crippen molar-refractivity contribution < 1.29 is 4.79 Å². The summed E-state index contributed by atoms with van der Waals surface area (Å²) in [5.74, 6) is 1.53. The van der Waals surface area contributed by atoms with Gasteiger partial charge in [-0.1, -0.05) is 26.2 Å². The van der Waals surface area contributed by atoms with Crippen LogP contribution in [0.25, 0.3) is 0 Å². The number of aliphatic imine (C=N–C) groups is 1. The molecule has 0 spiro atoms. The average molecular weight is 393 g/mol. The topological polar surface area (TPSA) is 63.2 Å². The molecule has 3 fully saturated rings. The maximum absolute atomic E-state index is 12.7. The van der Waals surface area contributed by atoms with Crippen molar-refractivity contribution in [3.05, 3.63) is 0 Å². The zero-order valence-electron chi connectivity index (χ0n) is 18.0. The number of nitrogens with one attached hydrogen (secondary N) is 2. The van der Waals surface area contributed by atoms with Crippen LogP contribution in [-0.2, 0) is 4.79 Å². The molecule has 1 unspecified atom stereocenters. The SMILES string of the molecule is CCN1CCN(CCNC(=NC)NC2CCN(C(=O)C3CCCCC3)C2)CC1. The molecule has 3 aliphatic rings.